The van der Waals surface area contributed by atoms with Crippen LogP contribution in [0, 0.1) is 13.8 Å². The second-order valence-electron chi connectivity index (χ2n) is 5.54. The predicted molar refractivity (Wildman–Crippen MR) is 95.8 cm³/mol. The molecule has 0 aliphatic rings. The lowest BCUT2D eigenvalue weighted by atomic mass is 10.1. The highest BCUT2D eigenvalue weighted by Gasteiger charge is 2.14. The molecule has 1 unspecified atom stereocenters. The maximum absolute atomic E-state index is 10.3. The SMILES string of the molecule is Cc1ccc(-n2nnnc2SCC(O)c2ccc(Cl)cc2)c(C)c1. The fourth-order valence-electron chi connectivity index (χ4n) is 2.40. The summed E-state index contributed by atoms with van der Waals surface area (Å²) < 4.78 is 1.70. The van der Waals surface area contributed by atoms with Gasteiger partial charge in [-0.15, -0.1) is 5.10 Å². The van der Waals surface area contributed by atoms with Crippen LogP contribution in [0.1, 0.15) is 22.8 Å². The number of nitrogens with zero attached hydrogens (tertiary/aromatic N) is 4. The molecular formula is C17H17ClN4OS. The van der Waals surface area contributed by atoms with Gasteiger partial charge >= 0.3 is 0 Å². The fourth-order valence-corrected chi connectivity index (χ4v) is 3.37. The van der Waals surface area contributed by atoms with Gasteiger partial charge in [0.25, 0.3) is 0 Å². The molecule has 0 aliphatic heterocycles. The van der Waals surface area contributed by atoms with Crippen LogP contribution in [0.5, 0.6) is 0 Å². The standard InChI is InChI=1S/C17H17ClN4OS/c1-11-3-8-15(12(2)9-11)22-17(19-20-21-22)24-10-16(23)13-4-6-14(18)7-5-13/h3-9,16,23H,10H2,1-2H3. The molecular weight excluding hydrogens is 344 g/mol. The van der Waals surface area contributed by atoms with Crippen molar-refractivity contribution in [2.45, 2.75) is 25.1 Å². The molecule has 0 aliphatic carbocycles. The first-order valence-electron chi connectivity index (χ1n) is 7.47. The number of tetrazole rings is 1. The predicted octanol–water partition coefficient (Wildman–Crippen LogP) is 3.76. The molecule has 5 nitrogen and oxygen atoms in total. The van der Waals surface area contributed by atoms with E-state index in [1.165, 1.54) is 17.3 Å². The summed E-state index contributed by atoms with van der Waals surface area (Å²) in [7, 11) is 0. The molecule has 24 heavy (non-hydrogen) atoms. The van der Waals surface area contributed by atoms with Crippen molar-refractivity contribution in [1.29, 1.82) is 0 Å². The Morgan fingerprint density at radius 3 is 2.62 bits per heavy atom. The normalized spacial score (nSPS) is 12.3. The van der Waals surface area contributed by atoms with E-state index in [4.69, 9.17) is 11.6 Å². The van der Waals surface area contributed by atoms with E-state index < -0.39 is 6.10 Å². The third kappa shape index (κ3) is 3.77. The summed E-state index contributed by atoms with van der Waals surface area (Å²) in [4.78, 5) is 0. The molecule has 0 saturated heterocycles. The number of aliphatic hydroxyl groups is 1. The van der Waals surface area contributed by atoms with E-state index in [0.717, 1.165) is 16.8 Å². The first-order valence-corrected chi connectivity index (χ1v) is 8.83. The maximum atomic E-state index is 10.3. The van der Waals surface area contributed by atoms with Gasteiger partial charge in [0, 0.05) is 10.8 Å². The third-order valence-electron chi connectivity index (χ3n) is 3.65. The Morgan fingerprint density at radius 1 is 1.17 bits per heavy atom. The Balaban J connectivity index is 1.75. The summed E-state index contributed by atoms with van der Waals surface area (Å²) in [6, 6.07) is 13.3. The second kappa shape index (κ2) is 7.34. The van der Waals surface area contributed by atoms with Crippen LogP contribution in [-0.4, -0.2) is 31.1 Å². The monoisotopic (exact) mass is 360 g/mol. The van der Waals surface area contributed by atoms with Crippen molar-refractivity contribution in [3.05, 3.63) is 64.2 Å². The number of halogens is 1. The Bertz CT molecular complexity index is 835. The smallest absolute Gasteiger partial charge is 0.214 e. The largest absolute Gasteiger partial charge is 0.388 e. The molecule has 0 radical (unpaired) electrons. The van der Waals surface area contributed by atoms with E-state index in [1.54, 1.807) is 16.8 Å². The zero-order valence-electron chi connectivity index (χ0n) is 13.3. The van der Waals surface area contributed by atoms with Gasteiger partial charge in [-0.25, -0.2) is 0 Å². The van der Waals surface area contributed by atoms with Gasteiger partial charge in [0.15, 0.2) is 0 Å². The van der Waals surface area contributed by atoms with Crippen LogP contribution in [0.2, 0.25) is 5.02 Å². The van der Waals surface area contributed by atoms with Crippen LogP contribution < -0.4 is 0 Å². The molecule has 1 aromatic heterocycles. The van der Waals surface area contributed by atoms with Crippen molar-refractivity contribution in [3.8, 4) is 5.69 Å². The first-order chi connectivity index (χ1) is 11.5. The minimum atomic E-state index is -0.614. The van der Waals surface area contributed by atoms with Gasteiger partial charge < -0.3 is 5.11 Å². The molecule has 0 amide bonds. The summed E-state index contributed by atoms with van der Waals surface area (Å²) in [5.41, 5.74) is 4.05. The van der Waals surface area contributed by atoms with Crippen molar-refractivity contribution in [2.24, 2.45) is 0 Å². The number of aromatic nitrogens is 4. The average molecular weight is 361 g/mol. The van der Waals surface area contributed by atoms with Crippen LogP contribution in [0.3, 0.4) is 0 Å². The van der Waals surface area contributed by atoms with E-state index >= 15 is 0 Å². The van der Waals surface area contributed by atoms with Gasteiger partial charge in [0.1, 0.15) is 0 Å². The second-order valence-corrected chi connectivity index (χ2v) is 6.97. The Kier molecular flexibility index (Phi) is 5.18. The van der Waals surface area contributed by atoms with E-state index in [1.807, 2.05) is 31.2 Å². The van der Waals surface area contributed by atoms with Gasteiger partial charge in [0.2, 0.25) is 5.16 Å². The molecule has 1 heterocycles. The lowest BCUT2D eigenvalue weighted by Crippen LogP contribution is -2.05. The molecule has 124 valence electrons. The molecule has 0 saturated carbocycles. The van der Waals surface area contributed by atoms with Crippen LogP contribution in [-0.2, 0) is 0 Å². The summed E-state index contributed by atoms with van der Waals surface area (Å²) in [6.07, 6.45) is -0.614. The van der Waals surface area contributed by atoms with E-state index in [-0.39, 0.29) is 0 Å². The minimum Gasteiger partial charge on any atom is -0.388 e. The summed E-state index contributed by atoms with van der Waals surface area (Å²) in [5.74, 6) is 0.451. The number of thioether (sulfide) groups is 1. The van der Waals surface area contributed by atoms with Gasteiger partial charge in [-0.1, -0.05) is 53.2 Å². The van der Waals surface area contributed by atoms with E-state index in [0.29, 0.717) is 15.9 Å². The number of aryl methyl sites for hydroxylation is 2. The van der Waals surface area contributed by atoms with Crippen molar-refractivity contribution in [3.63, 3.8) is 0 Å². The Labute approximate surface area is 149 Å². The molecule has 2 aromatic carbocycles. The van der Waals surface area contributed by atoms with Crippen molar-refractivity contribution < 1.29 is 5.11 Å². The van der Waals surface area contributed by atoms with Gasteiger partial charge in [0.05, 0.1) is 11.8 Å². The van der Waals surface area contributed by atoms with Gasteiger partial charge in [-0.05, 0) is 53.6 Å². The number of rotatable bonds is 5. The molecule has 0 fully saturated rings. The van der Waals surface area contributed by atoms with Crippen molar-refractivity contribution in [2.75, 3.05) is 5.75 Å². The van der Waals surface area contributed by atoms with Crippen LogP contribution >= 0.6 is 23.4 Å². The van der Waals surface area contributed by atoms with Crippen LogP contribution in [0.4, 0.5) is 0 Å². The zero-order chi connectivity index (χ0) is 17.1. The molecule has 3 aromatic rings. The summed E-state index contributed by atoms with van der Waals surface area (Å²) in [5, 5.41) is 23.5. The molecule has 1 N–H and O–H groups in total. The number of benzene rings is 2. The van der Waals surface area contributed by atoms with Gasteiger partial charge in [-0.2, -0.15) is 4.68 Å². The van der Waals surface area contributed by atoms with E-state index in [2.05, 4.69) is 28.5 Å². The molecule has 0 bridgehead atoms. The topological polar surface area (TPSA) is 63.8 Å². The Hall–Kier alpha value is -1.89. The average Bonchev–Trinajstić information content (AvgIpc) is 3.01. The third-order valence-corrected chi connectivity index (χ3v) is 4.89. The van der Waals surface area contributed by atoms with Crippen LogP contribution in [0.25, 0.3) is 5.69 Å². The maximum Gasteiger partial charge on any atom is 0.214 e. The van der Waals surface area contributed by atoms with Crippen molar-refractivity contribution in [1.82, 2.24) is 20.2 Å². The number of aliphatic hydroxyl groups excluding tert-OH is 1. The molecule has 3 rings (SSSR count). The van der Waals surface area contributed by atoms with Crippen molar-refractivity contribution >= 4 is 23.4 Å². The quantitative estimate of drug-likeness (QED) is 0.702. The highest BCUT2D eigenvalue weighted by Crippen LogP contribution is 2.26. The highest BCUT2D eigenvalue weighted by molar-refractivity contribution is 7.99. The van der Waals surface area contributed by atoms with Crippen LogP contribution in [0.15, 0.2) is 47.6 Å². The molecule has 1 atom stereocenters. The fraction of sp³-hybridized carbons (Fsp3) is 0.235. The molecule has 7 heteroatoms. The lowest BCUT2D eigenvalue weighted by molar-refractivity contribution is 0.204. The minimum absolute atomic E-state index is 0.451. The van der Waals surface area contributed by atoms with E-state index in [9.17, 15) is 5.11 Å². The van der Waals surface area contributed by atoms with Gasteiger partial charge in [-0.3, -0.25) is 0 Å². The summed E-state index contributed by atoms with van der Waals surface area (Å²) >= 11 is 7.28. The first kappa shape index (κ1) is 17.0. The number of hydrogen-bond acceptors (Lipinski definition) is 5. The zero-order valence-corrected chi connectivity index (χ0v) is 14.9. The highest BCUT2D eigenvalue weighted by atomic mass is 35.5. The number of hydrogen-bond donors (Lipinski definition) is 1. The molecule has 0 spiro atoms. The Morgan fingerprint density at radius 2 is 1.92 bits per heavy atom. The lowest BCUT2D eigenvalue weighted by Gasteiger charge is -2.11. The summed E-state index contributed by atoms with van der Waals surface area (Å²) in [6.45, 7) is 4.08.